The first-order valence-corrected chi connectivity index (χ1v) is 6.19. The van der Waals surface area contributed by atoms with E-state index in [0.717, 1.165) is 37.9 Å². The van der Waals surface area contributed by atoms with Gasteiger partial charge in [0.05, 0.1) is 0 Å². The number of rotatable bonds is 4. The maximum Gasteiger partial charge on any atom is 0.187 e. The average Bonchev–Trinajstić information content (AvgIpc) is 2.37. The summed E-state index contributed by atoms with van der Waals surface area (Å²) in [6.07, 6.45) is 7.68. The zero-order valence-corrected chi connectivity index (χ0v) is 10.1. The standard InChI is InChI=1S/C14H17F2NO/c15-12-6-11(7-13(16)14(12)18)9-17-8-10-4-2-1-3-5-10/h1-2,6-7,10,17-18H,3-5,8-9H2. The molecule has 0 saturated heterocycles. The SMILES string of the molecule is Oc1c(F)cc(CNCC2CC=CCC2)cc1F. The molecule has 98 valence electrons. The highest BCUT2D eigenvalue weighted by Crippen LogP contribution is 2.21. The minimum atomic E-state index is -0.910. The van der Waals surface area contributed by atoms with Crippen LogP contribution in [0.25, 0.3) is 0 Å². The van der Waals surface area contributed by atoms with Gasteiger partial charge in [-0.15, -0.1) is 0 Å². The molecule has 4 heteroatoms. The van der Waals surface area contributed by atoms with Crippen molar-refractivity contribution in [2.75, 3.05) is 6.54 Å². The van der Waals surface area contributed by atoms with Crippen molar-refractivity contribution in [1.82, 2.24) is 5.32 Å². The van der Waals surface area contributed by atoms with E-state index in [1.807, 2.05) is 0 Å². The highest BCUT2D eigenvalue weighted by atomic mass is 19.1. The first-order valence-electron chi connectivity index (χ1n) is 6.19. The van der Waals surface area contributed by atoms with Crippen LogP contribution in [0.4, 0.5) is 8.78 Å². The zero-order chi connectivity index (χ0) is 13.0. The number of benzene rings is 1. The third-order valence-electron chi connectivity index (χ3n) is 3.22. The first kappa shape index (κ1) is 13.0. The lowest BCUT2D eigenvalue weighted by Crippen LogP contribution is -2.23. The lowest BCUT2D eigenvalue weighted by atomic mass is 9.94. The van der Waals surface area contributed by atoms with Crippen molar-refractivity contribution in [2.45, 2.75) is 25.8 Å². The Morgan fingerprint density at radius 2 is 1.94 bits per heavy atom. The van der Waals surface area contributed by atoms with E-state index in [9.17, 15) is 8.78 Å². The maximum absolute atomic E-state index is 13.1. The molecular weight excluding hydrogens is 236 g/mol. The molecule has 0 amide bonds. The first-order chi connectivity index (χ1) is 8.66. The Morgan fingerprint density at radius 1 is 1.22 bits per heavy atom. The molecule has 0 heterocycles. The number of hydrogen-bond acceptors (Lipinski definition) is 2. The number of nitrogens with one attached hydrogen (secondary N) is 1. The van der Waals surface area contributed by atoms with Crippen molar-refractivity contribution < 1.29 is 13.9 Å². The van der Waals surface area contributed by atoms with Gasteiger partial charge in [-0.2, -0.15) is 0 Å². The molecule has 1 unspecified atom stereocenters. The van der Waals surface area contributed by atoms with Gasteiger partial charge in [0.2, 0.25) is 0 Å². The van der Waals surface area contributed by atoms with Crippen LogP contribution in [0.15, 0.2) is 24.3 Å². The minimum Gasteiger partial charge on any atom is -0.503 e. The summed E-state index contributed by atoms with van der Waals surface area (Å²) in [6.45, 7) is 1.25. The molecule has 0 aliphatic heterocycles. The molecule has 2 N–H and O–H groups in total. The van der Waals surface area contributed by atoms with E-state index in [0.29, 0.717) is 18.0 Å². The minimum absolute atomic E-state index is 0.411. The molecule has 0 bridgehead atoms. The number of aromatic hydroxyl groups is 1. The molecule has 0 aromatic heterocycles. The van der Waals surface area contributed by atoms with Crippen LogP contribution in [0.2, 0.25) is 0 Å². The molecule has 2 rings (SSSR count). The van der Waals surface area contributed by atoms with Gasteiger partial charge in [0.1, 0.15) is 0 Å². The van der Waals surface area contributed by atoms with Gasteiger partial charge in [0.25, 0.3) is 0 Å². The van der Waals surface area contributed by atoms with E-state index in [1.54, 1.807) is 0 Å². The fourth-order valence-electron chi connectivity index (χ4n) is 2.18. The summed E-state index contributed by atoms with van der Waals surface area (Å²) in [5.41, 5.74) is 0.508. The second-order valence-electron chi connectivity index (χ2n) is 4.69. The highest BCUT2D eigenvalue weighted by molar-refractivity contribution is 5.29. The van der Waals surface area contributed by atoms with Crippen molar-refractivity contribution in [2.24, 2.45) is 5.92 Å². The molecule has 1 atom stereocenters. The fraction of sp³-hybridized carbons (Fsp3) is 0.429. The van der Waals surface area contributed by atoms with Crippen molar-refractivity contribution in [3.05, 3.63) is 41.5 Å². The normalized spacial score (nSPS) is 19.1. The summed E-state index contributed by atoms with van der Waals surface area (Å²) < 4.78 is 26.2. The number of phenolic OH excluding ortho intramolecular Hbond substituents is 1. The Hall–Kier alpha value is -1.42. The van der Waals surface area contributed by atoms with Crippen LogP contribution in [0.3, 0.4) is 0 Å². The van der Waals surface area contributed by atoms with Crippen LogP contribution in [-0.4, -0.2) is 11.7 Å². The molecule has 0 fully saturated rings. The van der Waals surface area contributed by atoms with E-state index in [1.165, 1.54) is 0 Å². The van der Waals surface area contributed by atoms with Gasteiger partial charge in [0.15, 0.2) is 17.4 Å². The van der Waals surface area contributed by atoms with E-state index >= 15 is 0 Å². The predicted molar refractivity (Wildman–Crippen MR) is 66.2 cm³/mol. The molecule has 0 spiro atoms. The molecule has 0 radical (unpaired) electrons. The molecule has 2 nitrogen and oxygen atoms in total. The van der Waals surface area contributed by atoms with E-state index < -0.39 is 17.4 Å². The molecule has 1 aromatic rings. The fourth-order valence-corrected chi connectivity index (χ4v) is 2.18. The van der Waals surface area contributed by atoms with Gasteiger partial charge >= 0.3 is 0 Å². The van der Waals surface area contributed by atoms with E-state index in [4.69, 9.17) is 5.11 Å². The Bertz CT molecular complexity index is 422. The summed E-state index contributed by atoms with van der Waals surface area (Å²) in [7, 11) is 0. The number of allylic oxidation sites excluding steroid dienone is 2. The average molecular weight is 253 g/mol. The summed E-state index contributed by atoms with van der Waals surface area (Å²) >= 11 is 0. The maximum atomic E-state index is 13.1. The largest absolute Gasteiger partial charge is 0.503 e. The lowest BCUT2D eigenvalue weighted by Gasteiger charge is -2.18. The Balaban J connectivity index is 1.84. The lowest BCUT2D eigenvalue weighted by molar-refractivity contribution is 0.394. The molecular formula is C14H17F2NO. The summed E-state index contributed by atoms with van der Waals surface area (Å²) in [5, 5.41) is 12.2. The third kappa shape index (κ3) is 3.29. The van der Waals surface area contributed by atoms with Gasteiger partial charge < -0.3 is 10.4 Å². The van der Waals surface area contributed by atoms with Crippen molar-refractivity contribution in [3.8, 4) is 5.75 Å². The zero-order valence-electron chi connectivity index (χ0n) is 10.1. The van der Waals surface area contributed by atoms with Crippen LogP contribution in [0.1, 0.15) is 24.8 Å². The summed E-state index contributed by atoms with van der Waals surface area (Å²) in [5.74, 6) is -2.13. The van der Waals surface area contributed by atoms with Gasteiger partial charge in [-0.3, -0.25) is 0 Å². The Morgan fingerprint density at radius 3 is 2.56 bits per heavy atom. The quantitative estimate of drug-likeness (QED) is 0.808. The highest BCUT2D eigenvalue weighted by Gasteiger charge is 2.11. The number of hydrogen-bond donors (Lipinski definition) is 2. The second-order valence-corrected chi connectivity index (χ2v) is 4.69. The van der Waals surface area contributed by atoms with Crippen LogP contribution < -0.4 is 5.32 Å². The van der Waals surface area contributed by atoms with Gasteiger partial charge in [-0.1, -0.05) is 12.2 Å². The monoisotopic (exact) mass is 253 g/mol. The van der Waals surface area contributed by atoms with Crippen molar-refractivity contribution >= 4 is 0 Å². The number of phenols is 1. The topological polar surface area (TPSA) is 32.3 Å². The molecule has 1 aliphatic rings. The van der Waals surface area contributed by atoms with Gasteiger partial charge in [0, 0.05) is 6.54 Å². The van der Waals surface area contributed by atoms with Crippen molar-refractivity contribution in [1.29, 1.82) is 0 Å². The molecule has 18 heavy (non-hydrogen) atoms. The van der Waals surface area contributed by atoms with Crippen LogP contribution in [0, 0.1) is 17.6 Å². The summed E-state index contributed by atoms with van der Waals surface area (Å²) in [6, 6.07) is 2.32. The molecule has 1 aromatic carbocycles. The predicted octanol–water partition coefficient (Wildman–Crippen LogP) is 3.12. The van der Waals surface area contributed by atoms with Gasteiger partial charge in [-0.25, -0.2) is 8.78 Å². The number of halogens is 2. The molecule has 0 saturated carbocycles. The smallest absolute Gasteiger partial charge is 0.187 e. The third-order valence-corrected chi connectivity index (χ3v) is 3.22. The summed E-state index contributed by atoms with van der Waals surface area (Å²) in [4.78, 5) is 0. The van der Waals surface area contributed by atoms with Gasteiger partial charge in [-0.05, 0) is 49.4 Å². The van der Waals surface area contributed by atoms with Crippen LogP contribution in [0.5, 0.6) is 5.75 Å². The Kier molecular flexibility index (Phi) is 4.31. The van der Waals surface area contributed by atoms with E-state index in [-0.39, 0.29) is 0 Å². The Labute approximate surface area is 105 Å². The van der Waals surface area contributed by atoms with E-state index in [2.05, 4.69) is 17.5 Å². The van der Waals surface area contributed by atoms with Crippen LogP contribution >= 0.6 is 0 Å². The van der Waals surface area contributed by atoms with Crippen molar-refractivity contribution in [3.63, 3.8) is 0 Å². The van der Waals surface area contributed by atoms with Crippen LogP contribution in [-0.2, 0) is 6.54 Å². The molecule has 1 aliphatic carbocycles. The second kappa shape index (κ2) is 5.96.